The molecule has 2 aromatic carbocycles. The molecule has 146 valence electrons. The standard InChI is InChI=1S/C18H21ClN2O5S/c1-12(18(22)20-11-13-4-6-14(19)7-5-13)21-27(23,24)15-8-9-16(25-2)17(10-15)26-3/h4-10,12,21H,11H2,1-3H3,(H,20,22). The Morgan fingerprint density at radius 2 is 1.70 bits per heavy atom. The van der Waals surface area contributed by atoms with Crippen molar-refractivity contribution in [3.63, 3.8) is 0 Å². The average molecular weight is 413 g/mol. The number of carbonyl (C=O) groups is 1. The summed E-state index contributed by atoms with van der Waals surface area (Å²) in [6, 6.07) is 10.2. The topological polar surface area (TPSA) is 93.7 Å². The van der Waals surface area contributed by atoms with Gasteiger partial charge in [-0.1, -0.05) is 23.7 Å². The fourth-order valence-electron chi connectivity index (χ4n) is 2.28. The molecule has 1 amide bonds. The van der Waals surface area contributed by atoms with E-state index in [-0.39, 0.29) is 17.2 Å². The molecule has 2 rings (SSSR count). The zero-order valence-corrected chi connectivity index (χ0v) is 16.7. The Morgan fingerprint density at radius 3 is 2.30 bits per heavy atom. The number of methoxy groups -OCH3 is 2. The second kappa shape index (κ2) is 9.07. The summed E-state index contributed by atoms with van der Waals surface area (Å²) < 4.78 is 37.6. The molecule has 0 saturated heterocycles. The van der Waals surface area contributed by atoms with Crippen LogP contribution in [0.15, 0.2) is 47.4 Å². The van der Waals surface area contributed by atoms with Crippen LogP contribution < -0.4 is 19.5 Å². The van der Waals surface area contributed by atoms with E-state index in [1.54, 1.807) is 24.3 Å². The van der Waals surface area contributed by atoms with Crippen LogP contribution in [0.1, 0.15) is 12.5 Å². The number of sulfonamides is 1. The second-order valence-corrected chi connectivity index (χ2v) is 7.85. The van der Waals surface area contributed by atoms with E-state index < -0.39 is 22.0 Å². The average Bonchev–Trinajstić information content (AvgIpc) is 2.66. The Morgan fingerprint density at radius 1 is 1.07 bits per heavy atom. The van der Waals surface area contributed by atoms with Crippen molar-refractivity contribution in [1.29, 1.82) is 0 Å². The van der Waals surface area contributed by atoms with E-state index in [1.807, 2.05) is 0 Å². The van der Waals surface area contributed by atoms with Gasteiger partial charge in [0.15, 0.2) is 11.5 Å². The summed E-state index contributed by atoms with van der Waals surface area (Å²) in [5, 5.41) is 3.28. The van der Waals surface area contributed by atoms with Gasteiger partial charge >= 0.3 is 0 Å². The van der Waals surface area contributed by atoms with Gasteiger partial charge in [0.25, 0.3) is 0 Å². The minimum absolute atomic E-state index is 0.0301. The number of hydrogen-bond acceptors (Lipinski definition) is 5. The van der Waals surface area contributed by atoms with Gasteiger partial charge in [-0.2, -0.15) is 4.72 Å². The maximum absolute atomic E-state index is 12.5. The van der Waals surface area contributed by atoms with E-state index in [2.05, 4.69) is 10.0 Å². The number of amides is 1. The molecule has 0 fully saturated rings. The summed E-state index contributed by atoms with van der Waals surface area (Å²) in [5.74, 6) is 0.236. The maximum atomic E-state index is 12.5. The van der Waals surface area contributed by atoms with Crippen LogP contribution in [0.5, 0.6) is 11.5 Å². The first-order chi connectivity index (χ1) is 12.8. The largest absolute Gasteiger partial charge is 0.493 e. The number of ether oxygens (including phenoxy) is 2. The Balaban J connectivity index is 2.03. The molecule has 0 aliphatic rings. The molecule has 0 bridgehead atoms. The van der Waals surface area contributed by atoms with E-state index in [4.69, 9.17) is 21.1 Å². The summed E-state index contributed by atoms with van der Waals surface area (Å²) in [5.41, 5.74) is 0.850. The molecule has 0 aliphatic heterocycles. The monoisotopic (exact) mass is 412 g/mol. The molecule has 0 heterocycles. The third-order valence-corrected chi connectivity index (χ3v) is 5.56. The summed E-state index contributed by atoms with van der Waals surface area (Å²) in [4.78, 5) is 12.2. The lowest BCUT2D eigenvalue weighted by molar-refractivity contribution is -0.122. The number of halogens is 1. The number of rotatable bonds is 8. The summed E-state index contributed by atoms with van der Waals surface area (Å²) in [6.07, 6.45) is 0. The van der Waals surface area contributed by atoms with Gasteiger partial charge in [-0.25, -0.2) is 8.42 Å². The molecule has 0 saturated carbocycles. The first-order valence-electron chi connectivity index (χ1n) is 8.03. The molecule has 0 aliphatic carbocycles. The number of carbonyl (C=O) groups excluding carboxylic acids is 1. The SMILES string of the molecule is COc1ccc(S(=O)(=O)NC(C)C(=O)NCc2ccc(Cl)cc2)cc1OC. The molecule has 7 nitrogen and oxygen atoms in total. The van der Waals surface area contributed by atoms with Crippen LogP contribution >= 0.6 is 11.6 Å². The zero-order valence-electron chi connectivity index (χ0n) is 15.2. The van der Waals surface area contributed by atoms with Crippen LogP contribution in [0.2, 0.25) is 5.02 Å². The predicted molar refractivity (Wildman–Crippen MR) is 103 cm³/mol. The molecular formula is C18H21ClN2O5S. The fraction of sp³-hybridized carbons (Fsp3) is 0.278. The van der Waals surface area contributed by atoms with Crippen molar-refractivity contribution in [3.8, 4) is 11.5 Å². The van der Waals surface area contributed by atoms with Gasteiger partial charge in [0.2, 0.25) is 15.9 Å². The lowest BCUT2D eigenvalue weighted by Gasteiger charge is -2.15. The van der Waals surface area contributed by atoms with E-state index in [0.29, 0.717) is 10.8 Å². The molecule has 1 unspecified atom stereocenters. The molecule has 0 radical (unpaired) electrons. The number of hydrogen-bond donors (Lipinski definition) is 2. The number of benzene rings is 2. The van der Waals surface area contributed by atoms with Crippen molar-refractivity contribution >= 4 is 27.5 Å². The fourth-order valence-corrected chi connectivity index (χ4v) is 3.63. The summed E-state index contributed by atoms with van der Waals surface area (Å²) in [6.45, 7) is 1.73. The summed E-state index contributed by atoms with van der Waals surface area (Å²) in [7, 11) is -1.05. The smallest absolute Gasteiger partial charge is 0.241 e. The third-order valence-electron chi connectivity index (χ3n) is 3.77. The molecule has 2 aromatic rings. The number of nitrogens with one attached hydrogen (secondary N) is 2. The van der Waals surface area contributed by atoms with Crippen molar-refractivity contribution < 1.29 is 22.7 Å². The first kappa shape index (κ1) is 21.0. The molecule has 0 spiro atoms. The molecule has 1 atom stereocenters. The highest BCUT2D eigenvalue weighted by Crippen LogP contribution is 2.29. The maximum Gasteiger partial charge on any atom is 0.241 e. The minimum atomic E-state index is -3.91. The third kappa shape index (κ3) is 5.59. The van der Waals surface area contributed by atoms with Crippen LogP contribution in [-0.4, -0.2) is 34.6 Å². The van der Waals surface area contributed by atoms with E-state index in [9.17, 15) is 13.2 Å². The van der Waals surface area contributed by atoms with Crippen LogP contribution in [0.25, 0.3) is 0 Å². The lowest BCUT2D eigenvalue weighted by atomic mass is 10.2. The van der Waals surface area contributed by atoms with Gasteiger partial charge in [0.05, 0.1) is 25.2 Å². The van der Waals surface area contributed by atoms with Gasteiger partial charge in [0, 0.05) is 17.6 Å². The van der Waals surface area contributed by atoms with Crippen molar-refractivity contribution in [2.75, 3.05) is 14.2 Å². The van der Waals surface area contributed by atoms with Gasteiger partial charge in [-0.15, -0.1) is 0 Å². The normalized spacial score (nSPS) is 12.3. The molecule has 9 heteroatoms. The quantitative estimate of drug-likeness (QED) is 0.694. The highest BCUT2D eigenvalue weighted by molar-refractivity contribution is 7.89. The van der Waals surface area contributed by atoms with Crippen LogP contribution in [0.3, 0.4) is 0 Å². The van der Waals surface area contributed by atoms with E-state index >= 15 is 0 Å². The van der Waals surface area contributed by atoms with Gasteiger partial charge in [-0.3, -0.25) is 4.79 Å². The Bertz CT molecular complexity index is 900. The van der Waals surface area contributed by atoms with Gasteiger partial charge in [-0.05, 0) is 36.8 Å². The van der Waals surface area contributed by atoms with Gasteiger partial charge in [0.1, 0.15) is 0 Å². The van der Waals surface area contributed by atoms with Crippen LogP contribution in [-0.2, 0) is 21.4 Å². The molecule has 0 aromatic heterocycles. The molecule has 27 heavy (non-hydrogen) atoms. The summed E-state index contributed by atoms with van der Waals surface area (Å²) >= 11 is 5.82. The second-order valence-electron chi connectivity index (χ2n) is 5.70. The predicted octanol–water partition coefficient (Wildman–Crippen LogP) is 2.34. The van der Waals surface area contributed by atoms with Crippen molar-refractivity contribution in [2.45, 2.75) is 24.4 Å². The van der Waals surface area contributed by atoms with Crippen molar-refractivity contribution in [2.24, 2.45) is 0 Å². The van der Waals surface area contributed by atoms with Crippen LogP contribution in [0.4, 0.5) is 0 Å². The van der Waals surface area contributed by atoms with Crippen molar-refractivity contribution in [1.82, 2.24) is 10.0 Å². The Labute approximate surface area is 163 Å². The zero-order chi connectivity index (χ0) is 20.0. The van der Waals surface area contributed by atoms with E-state index in [0.717, 1.165) is 5.56 Å². The first-order valence-corrected chi connectivity index (χ1v) is 9.89. The highest BCUT2D eigenvalue weighted by atomic mass is 35.5. The molecular weight excluding hydrogens is 392 g/mol. The highest BCUT2D eigenvalue weighted by Gasteiger charge is 2.23. The molecule has 2 N–H and O–H groups in total. The van der Waals surface area contributed by atoms with Gasteiger partial charge < -0.3 is 14.8 Å². The van der Waals surface area contributed by atoms with Crippen LogP contribution in [0, 0.1) is 0 Å². The van der Waals surface area contributed by atoms with Crippen molar-refractivity contribution in [3.05, 3.63) is 53.1 Å². The van der Waals surface area contributed by atoms with E-state index in [1.165, 1.54) is 39.3 Å². The minimum Gasteiger partial charge on any atom is -0.493 e. The lowest BCUT2D eigenvalue weighted by Crippen LogP contribution is -2.44. The Kier molecular flexibility index (Phi) is 7.06. The Hall–Kier alpha value is -2.29.